The van der Waals surface area contributed by atoms with Gasteiger partial charge in [0.2, 0.25) is 0 Å². The molecule has 1 aliphatic heterocycles. The molecule has 3 nitrogen and oxygen atoms in total. The third-order valence-electron chi connectivity index (χ3n) is 4.87. The molecule has 1 saturated heterocycles. The van der Waals surface area contributed by atoms with Crippen LogP contribution in [0.3, 0.4) is 0 Å². The summed E-state index contributed by atoms with van der Waals surface area (Å²) in [5.74, 6) is 0.735. The molecule has 0 unspecified atom stereocenters. The number of likely N-dealkylation sites (tertiary alicyclic amines) is 1. The van der Waals surface area contributed by atoms with Gasteiger partial charge in [-0.15, -0.1) is 0 Å². The van der Waals surface area contributed by atoms with Crippen LogP contribution in [0.15, 0.2) is 30.5 Å². The molecule has 1 aliphatic rings. The summed E-state index contributed by atoms with van der Waals surface area (Å²) in [5, 5.41) is 5.58. The zero-order valence-electron chi connectivity index (χ0n) is 13.3. The first-order chi connectivity index (χ1) is 10.7. The number of hydrogen-bond donors (Lipinski definition) is 1. The Morgan fingerprint density at radius 1 is 1.32 bits per heavy atom. The van der Waals surface area contributed by atoms with Gasteiger partial charge in [-0.25, -0.2) is 0 Å². The number of pyridine rings is 1. The summed E-state index contributed by atoms with van der Waals surface area (Å²) in [6, 6.07) is 8.45. The number of piperidine rings is 1. The van der Waals surface area contributed by atoms with Crippen LogP contribution in [0, 0.1) is 5.92 Å². The number of hydrogen-bond acceptors (Lipinski definition) is 3. The minimum atomic E-state index is 0.472. The van der Waals surface area contributed by atoms with Crippen molar-refractivity contribution in [3.05, 3.63) is 35.5 Å². The van der Waals surface area contributed by atoms with Gasteiger partial charge in [0.25, 0.3) is 0 Å². The Bertz CT molecular complexity index is 635. The first kappa shape index (κ1) is 15.6. The lowest BCUT2D eigenvalue weighted by atomic mass is 9.90. The number of nitrogens with zero attached hydrogens (tertiary/aromatic N) is 2. The van der Waals surface area contributed by atoms with Crippen molar-refractivity contribution in [1.82, 2.24) is 9.88 Å². The summed E-state index contributed by atoms with van der Waals surface area (Å²) in [6.07, 6.45) is 4.40. The molecule has 1 aromatic heterocycles. The molecule has 1 fully saturated rings. The lowest BCUT2D eigenvalue weighted by molar-refractivity contribution is 0.183. The number of anilines is 1. The number of nitrogens with one attached hydrogen (secondary N) is 1. The average molecular weight is 318 g/mol. The van der Waals surface area contributed by atoms with Gasteiger partial charge in [-0.05, 0) is 69.6 Å². The van der Waals surface area contributed by atoms with E-state index >= 15 is 0 Å². The Balaban J connectivity index is 1.73. The second kappa shape index (κ2) is 6.84. The number of fused-ring (bicyclic) bond motifs is 1. The largest absolute Gasteiger partial charge is 0.382 e. The number of halogens is 1. The molecule has 0 bridgehead atoms. The zero-order chi connectivity index (χ0) is 15.5. The van der Waals surface area contributed by atoms with Crippen molar-refractivity contribution in [2.24, 2.45) is 5.92 Å². The van der Waals surface area contributed by atoms with Crippen molar-refractivity contribution in [3.63, 3.8) is 0 Å². The van der Waals surface area contributed by atoms with E-state index in [9.17, 15) is 0 Å². The van der Waals surface area contributed by atoms with Crippen LogP contribution in [-0.2, 0) is 0 Å². The summed E-state index contributed by atoms with van der Waals surface area (Å²) in [6.45, 7) is 8.16. The lowest BCUT2D eigenvalue weighted by Crippen LogP contribution is -2.39. The zero-order valence-corrected chi connectivity index (χ0v) is 14.1. The highest BCUT2D eigenvalue weighted by Crippen LogP contribution is 2.28. The average Bonchev–Trinajstić information content (AvgIpc) is 2.55. The molecule has 0 aliphatic carbocycles. The molecule has 3 rings (SSSR count). The second-order valence-electron chi connectivity index (χ2n) is 6.22. The van der Waals surface area contributed by atoms with Crippen LogP contribution in [0.2, 0.25) is 5.02 Å². The highest BCUT2D eigenvalue weighted by Gasteiger charge is 2.23. The van der Waals surface area contributed by atoms with Crippen LogP contribution in [0.25, 0.3) is 10.9 Å². The van der Waals surface area contributed by atoms with E-state index in [0.717, 1.165) is 27.5 Å². The van der Waals surface area contributed by atoms with E-state index in [-0.39, 0.29) is 0 Å². The van der Waals surface area contributed by atoms with Gasteiger partial charge in [0.15, 0.2) is 0 Å². The van der Waals surface area contributed by atoms with Crippen molar-refractivity contribution in [3.8, 4) is 0 Å². The van der Waals surface area contributed by atoms with Crippen molar-refractivity contribution >= 4 is 28.2 Å². The highest BCUT2D eigenvalue weighted by atomic mass is 35.5. The summed E-state index contributed by atoms with van der Waals surface area (Å²) in [7, 11) is 0. The van der Waals surface area contributed by atoms with Gasteiger partial charge in [-0.2, -0.15) is 0 Å². The van der Waals surface area contributed by atoms with Crippen molar-refractivity contribution in [2.45, 2.75) is 32.7 Å². The Hall–Kier alpha value is -1.32. The fourth-order valence-corrected chi connectivity index (χ4v) is 3.55. The lowest BCUT2D eigenvalue weighted by Gasteiger charge is -2.35. The third kappa shape index (κ3) is 3.36. The quantitative estimate of drug-likeness (QED) is 0.904. The molecule has 0 saturated carbocycles. The fraction of sp³-hybridized carbons (Fsp3) is 0.500. The van der Waals surface area contributed by atoms with E-state index < -0.39 is 0 Å². The van der Waals surface area contributed by atoms with E-state index in [1.165, 1.54) is 32.5 Å². The number of aromatic nitrogens is 1. The van der Waals surface area contributed by atoms with E-state index in [0.29, 0.717) is 6.04 Å². The van der Waals surface area contributed by atoms with Gasteiger partial charge in [-0.1, -0.05) is 18.5 Å². The normalized spacial score (nSPS) is 18.5. The number of rotatable bonds is 4. The van der Waals surface area contributed by atoms with E-state index in [1.54, 1.807) is 0 Å². The monoisotopic (exact) mass is 317 g/mol. The van der Waals surface area contributed by atoms with Crippen LogP contribution >= 0.6 is 11.6 Å². The first-order valence-corrected chi connectivity index (χ1v) is 8.58. The van der Waals surface area contributed by atoms with Crippen LogP contribution in [-0.4, -0.2) is 35.6 Å². The highest BCUT2D eigenvalue weighted by molar-refractivity contribution is 6.31. The molecule has 1 atom stereocenters. The van der Waals surface area contributed by atoms with Crippen molar-refractivity contribution in [1.29, 1.82) is 0 Å². The molecule has 1 N–H and O–H groups in total. The molecule has 0 spiro atoms. The maximum Gasteiger partial charge on any atom is 0.0737 e. The van der Waals surface area contributed by atoms with E-state index in [4.69, 9.17) is 11.6 Å². The smallest absolute Gasteiger partial charge is 0.0737 e. The van der Waals surface area contributed by atoms with Gasteiger partial charge in [0.05, 0.1) is 5.52 Å². The Labute approximate surface area is 137 Å². The van der Waals surface area contributed by atoms with Gasteiger partial charge in [0, 0.05) is 28.3 Å². The molecular weight excluding hydrogens is 294 g/mol. The summed E-state index contributed by atoms with van der Waals surface area (Å²) in [5.41, 5.74) is 2.11. The second-order valence-corrected chi connectivity index (χ2v) is 6.66. The molecule has 2 aromatic rings. The maximum absolute atomic E-state index is 6.06. The van der Waals surface area contributed by atoms with Gasteiger partial charge in [-0.3, -0.25) is 4.98 Å². The fourth-order valence-electron chi connectivity index (χ4n) is 3.38. The van der Waals surface area contributed by atoms with E-state index in [1.807, 2.05) is 18.3 Å². The SMILES string of the molecule is CCN1CCC([C@H](C)Nc2ccnc3cc(Cl)ccc23)CC1. The molecule has 0 amide bonds. The van der Waals surface area contributed by atoms with Crippen LogP contribution in [0.4, 0.5) is 5.69 Å². The predicted molar refractivity (Wildman–Crippen MR) is 94.7 cm³/mol. The standard InChI is InChI=1S/C18H24ClN3/c1-3-22-10-7-14(8-11-22)13(2)21-17-6-9-20-18-12-15(19)4-5-16(17)18/h4-6,9,12-14H,3,7-8,10-11H2,1-2H3,(H,20,21)/t13-/m0/s1. The van der Waals surface area contributed by atoms with Gasteiger partial charge >= 0.3 is 0 Å². The summed E-state index contributed by atoms with van der Waals surface area (Å²) < 4.78 is 0. The Morgan fingerprint density at radius 2 is 2.09 bits per heavy atom. The predicted octanol–water partition coefficient (Wildman–Crippen LogP) is 4.42. The summed E-state index contributed by atoms with van der Waals surface area (Å²) >= 11 is 6.06. The molecular formula is C18H24ClN3. The first-order valence-electron chi connectivity index (χ1n) is 8.20. The molecule has 0 radical (unpaired) electrons. The molecule has 22 heavy (non-hydrogen) atoms. The number of benzene rings is 1. The topological polar surface area (TPSA) is 28.2 Å². The third-order valence-corrected chi connectivity index (χ3v) is 5.11. The van der Waals surface area contributed by atoms with Crippen molar-refractivity contribution < 1.29 is 0 Å². The maximum atomic E-state index is 6.06. The Morgan fingerprint density at radius 3 is 2.82 bits per heavy atom. The van der Waals surface area contributed by atoms with E-state index in [2.05, 4.69) is 41.2 Å². The molecule has 118 valence electrons. The minimum absolute atomic E-state index is 0.472. The van der Waals surface area contributed by atoms with Crippen LogP contribution in [0.5, 0.6) is 0 Å². The van der Waals surface area contributed by atoms with Crippen molar-refractivity contribution in [2.75, 3.05) is 25.0 Å². The van der Waals surface area contributed by atoms with Crippen LogP contribution in [0.1, 0.15) is 26.7 Å². The molecule has 1 aromatic carbocycles. The Kier molecular flexibility index (Phi) is 4.84. The van der Waals surface area contributed by atoms with Gasteiger partial charge in [0.1, 0.15) is 0 Å². The van der Waals surface area contributed by atoms with Gasteiger partial charge < -0.3 is 10.2 Å². The minimum Gasteiger partial charge on any atom is -0.382 e. The molecule has 4 heteroatoms. The van der Waals surface area contributed by atoms with Crippen LogP contribution < -0.4 is 5.32 Å². The molecule has 2 heterocycles. The summed E-state index contributed by atoms with van der Waals surface area (Å²) in [4.78, 5) is 6.95.